The number of hydrogen-bond acceptors (Lipinski definition) is 4. The number of amides is 1. The van der Waals surface area contributed by atoms with Gasteiger partial charge >= 0.3 is 5.97 Å². The molecule has 0 saturated heterocycles. The van der Waals surface area contributed by atoms with Gasteiger partial charge < -0.3 is 15.8 Å². The van der Waals surface area contributed by atoms with Crippen LogP contribution in [0.1, 0.15) is 36.0 Å². The normalized spacial score (nSPS) is 21.2. The maximum atomic E-state index is 13.7. The van der Waals surface area contributed by atoms with Crippen molar-refractivity contribution in [3.63, 3.8) is 0 Å². The number of benzene rings is 1. The van der Waals surface area contributed by atoms with Gasteiger partial charge in [-0.1, -0.05) is 6.07 Å². The molecule has 1 amide bonds. The predicted molar refractivity (Wildman–Crippen MR) is 80.6 cm³/mol. The van der Waals surface area contributed by atoms with E-state index in [0.29, 0.717) is 6.54 Å². The molecule has 120 valence electrons. The maximum Gasteiger partial charge on any atom is 0.308 e. The highest BCUT2D eigenvalue weighted by Crippen LogP contribution is 2.29. The van der Waals surface area contributed by atoms with Crippen molar-refractivity contribution in [3.05, 3.63) is 29.6 Å². The topological polar surface area (TPSA) is 81.4 Å². The zero-order valence-electron chi connectivity index (χ0n) is 12.6. The zero-order chi connectivity index (χ0) is 16.1. The van der Waals surface area contributed by atoms with Crippen molar-refractivity contribution in [1.82, 2.24) is 5.32 Å². The molecule has 6 heteroatoms. The van der Waals surface area contributed by atoms with Crippen molar-refractivity contribution in [3.8, 4) is 0 Å². The highest BCUT2D eigenvalue weighted by molar-refractivity contribution is 5.99. The third-order valence-electron chi connectivity index (χ3n) is 4.21. The van der Waals surface area contributed by atoms with Crippen LogP contribution < -0.4 is 11.1 Å². The number of nitrogens with one attached hydrogen (secondary N) is 1. The van der Waals surface area contributed by atoms with Crippen LogP contribution >= 0.6 is 0 Å². The molecule has 0 aromatic heterocycles. The fraction of sp³-hybridized carbons (Fsp3) is 0.500. The number of methoxy groups -OCH3 is 1. The van der Waals surface area contributed by atoms with Gasteiger partial charge in [0.25, 0.3) is 5.91 Å². The zero-order valence-corrected chi connectivity index (χ0v) is 12.6. The van der Waals surface area contributed by atoms with Gasteiger partial charge in [-0.15, -0.1) is 0 Å². The number of rotatable bonds is 4. The Labute approximate surface area is 129 Å². The number of carbonyl (C=O) groups excluding carboxylic acids is 2. The Bertz CT molecular complexity index is 534. The third-order valence-corrected chi connectivity index (χ3v) is 4.21. The Balaban J connectivity index is 1.84. The smallest absolute Gasteiger partial charge is 0.308 e. The summed E-state index contributed by atoms with van der Waals surface area (Å²) in [7, 11) is 1.40. The van der Waals surface area contributed by atoms with Crippen molar-refractivity contribution in [2.45, 2.75) is 25.7 Å². The first-order valence-electron chi connectivity index (χ1n) is 7.43. The molecule has 1 aromatic rings. The van der Waals surface area contributed by atoms with Crippen LogP contribution in [0.5, 0.6) is 0 Å². The molecule has 0 radical (unpaired) electrons. The van der Waals surface area contributed by atoms with E-state index in [2.05, 4.69) is 5.32 Å². The van der Waals surface area contributed by atoms with Crippen molar-refractivity contribution < 1.29 is 18.7 Å². The molecule has 3 N–H and O–H groups in total. The lowest BCUT2D eigenvalue weighted by Gasteiger charge is -2.27. The number of hydrogen-bond donors (Lipinski definition) is 2. The lowest BCUT2D eigenvalue weighted by Crippen LogP contribution is -2.33. The Morgan fingerprint density at radius 3 is 2.59 bits per heavy atom. The van der Waals surface area contributed by atoms with Gasteiger partial charge in [0.05, 0.1) is 18.6 Å². The minimum absolute atomic E-state index is 0.0424. The van der Waals surface area contributed by atoms with Crippen LogP contribution in [-0.2, 0) is 9.53 Å². The highest BCUT2D eigenvalue weighted by Gasteiger charge is 2.27. The quantitative estimate of drug-likeness (QED) is 0.659. The Morgan fingerprint density at radius 2 is 2.00 bits per heavy atom. The van der Waals surface area contributed by atoms with Crippen LogP contribution in [0.4, 0.5) is 10.1 Å². The van der Waals surface area contributed by atoms with Crippen molar-refractivity contribution >= 4 is 17.6 Å². The Hall–Kier alpha value is -2.11. The second-order valence-corrected chi connectivity index (χ2v) is 5.65. The summed E-state index contributed by atoms with van der Waals surface area (Å²) in [4.78, 5) is 23.5. The summed E-state index contributed by atoms with van der Waals surface area (Å²) >= 11 is 0. The molecule has 0 unspecified atom stereocenters. The molecule has 0 aliphatic heterocycles. The summed E-state index contributed by atoms with van der Waals surface area (Å²) in [5, 5.41) is 2.73. The van der Waals surface area contributed by atoms with E-state index < -0.39 is 11.7 Å². The van der Waals surface area contributed by atoms with E-state index in [1.807, 2.05) is 0 Å². The molecular formula is C16H21FN2O3. The van der Waals surface area contributed by atoms with Crippen LogP contribution in [0.25, 0.3) is 0 Å². The van der Waals surface area contributed by atoms with Crippen LogP contribution in [0.15, 0.2) is 18.2 Å². The number of halogens is 1. The van der Waals surface area contributed by atoms with Gasteiger partial charge in [0.1, 0.15) is 5.82 Å². The summed E-state index contributed by atoms with van der Waals surface area (Å²) in [6.07, 6.45) is 3.20. The minimum Gasteiger partial charge on any atom is -0.469 e. The maximum absolute atomic E-state index is 13.7. The molecule has 0 atom stereocenters. The predicted octanol–water partition coefficient (Wildman–Crippen LogP) is 2.12. The molecule has 0 spiro atoms. The number of anilines is 1. The average molecular weight is 308 g/mol. The molecule has 1 aliphatic carbocycles. The molecule has 0 heterocycles. The fourth-order valence-corrected chi connectivity index (χ4v) is 2.87. The average Bonchev–Trinajstić information content (AvgIpc) is 2.52. The van der Waals surface area contributed by atoms with Gasteiger partial charge in [0.15, 0.2) is 0 Å². The van der Waals surface area contributed by atoms with Crippen molar-refractivity contribution in [2.24, 2.45) is 11.8 Å². The first kappa shape index (κ1) is 16.3. The van der Waals surface area contributed by atoms with E-state index in [4.69, 9.17) is 10.5 Å². The highest BCUT2D eigenvalue weighted by atomic mass is 19.1. The number of nitrogens with two attached hydrogens (primary N) is 1. The largest absolute Gasteiger partial charge is 0.469 e. The van der Waals surface area contributed by atoms with Crippen LogP contribution in [0, 0.1) is 17.7 Å². The number of carbonyl (C=O) groups is 2. The molecule has 2 rings (SSSR count). The number of esters is 1. The molecular weight excluding hydrogens is 287 g/mol. The Morgan fingerprint density at radius 1 is 1.32 bits per heavy atom. The first-order chi connectivity index (χ1) is 10.5. The summed E-state index contributed by atoms with van der Waals surface area (Å²) in [5.74, 6) is -1.03. The van der Waals surface area contributed by atoms with E-state index in [-0.39, 0.29) is 29.1 Å². The summed E-state index contributed by atoms with van der Waals surface area (Å²) in [6, 6.07) is 4.18. The Kier molecular flexibility index (Phi) is 5.35. The number of ether oxygens (including phenoxy) is 1. The lowest BCUT2D eigenvalue weighted by molar-refractivity contribution is -0.146. The summed E-state index contributed by atoms with van der Waals surface area (Å²) < 4.78 is 18.4. The third kappa shape index (κ3) is 3.75. The standard InChI is InChI=1S/C16H21FN2O3/c1-22-16(21)11-7-5-10(6-8-11)9-19-15(20)14-12(17)3-2-4-13(14)18/h2-4,10-11H,5-9,18H2,1H3,(H,19,20). The van der Waals surface area contributed by atoms with Crippen LogP contribution in [0.3, 0.4) is 0 Å². The van der Waals surface area contributed by atoms with Gasteiger partial charge in [-0.05, 0) is 43.7 Å². The van der Waals surface area contributed by atoms with Gasteiger partial charge in [0, 0.05) is 12.2 Å². The lowest BCUT2D eigenvalue weighted by atomic mass is 9.82. The fourth-order valence-electron chi connectivity index (χ4n) is 2.87. The minimum atomic E-state index is -0.619. The molecule has 1 saturated carbocycles. The van der Waals surface area contributed by atoms with Crippen LogP contribution in [0.2, 0.25) is 0 Å². The van der Waals surface area contributed by atoms with Crippen molar-refractivity contribution in [1.29, 1.82) is 0 Å². The molecule has 1 aliphatic rings. The summed E-state index contributed by atoms with van der Waals surface area (Å²) in [5.41, 5.74) is 5.67. The van der Waals surface area contributed by atoms with Gasteiger partial charge in [-0.2, -0.15) is 0 Å². The van der Waals surface area contributed by atoms with E-state index in [9.17, 15) is 14.0 Å². The number of nitrogen functional groups attached to an aromatic ring is 1. The summed E-state index contributed by atoms with van der Waals surface area (Å²) in [6.45, 7) is 0.459. The second-order valence-electron chi connectivity index (χ2n) is 5.65. The molecule has 1 aromatic carbocycles. The van der Waals surface area contributed by atoms with E-state index in [0.717, 1.165) is 25.7 Å². The molecule has 5 nitrogen and oxygen atoms in total. The van der Waals surface area contributed by atoms with Gasteiger partial charge in [0.2, 0.25) is 0 Å². The van der Waals surface area contributed by atoms with E-state index >= 15 is 0 Å². The molecule has 22 heavy (non-hydrogen) atoms. The van der Waals surface area contributed by atoms with Gasteiger partial charge in [-0.25, -0.2) is 4.39 Å². The van der Waals surface area contributed by atoms with E-state index in [1.165, 1.54) is 25.3 Å². The molecule has 0 bridgehead atoms. The van der Waals surface area contributed by atoms with Crippen LogP contribution in [-0.4, -0.2) is 25.5 Å². The van der Waals surface area contributed by atoms with Crippen molar-refractivity contribution in [2.75, 3.05) is 19.4 Å². The monoisotopic (exact) mass is 308 g/mol. The first-order valence-corrected chi connectivity index (χ1v) is 7.43. The molecule has 1 fully saturated rings. The second kappa shape index (κ2) is 7.24. The SMILES string of the molecule is COC(=O)C1CCC(CNC(=O)c2c(N)cccc2F)CC1. The van der Waals surface area contributed by atoms with Gasteiger partial charge in [-0.3, -0.25) is 9.59 Å². The van der Waals surface area contributed by atoms with E-state index in [1.54, 1.807) is 0 Å².